The third kappa shape index (κ3) is 4.47. The molecule has 128 valence electrons. The van der Waals surface area contributed by atoms with Gasteiger partial charge in [0.1, 0.15) is 5.82 Å². The fourth-order valence-electron chi connectivity index (χ4n) is 2.67. The number of rotatable bonds is 5. The molecule has 2 amide bonds. The van der Waals surface area contributed by atoms with Gasteiger partial charge < -0.3 is 15.2 Å². The van der Waals surface area contributed by atoms with Gasteiger partial charge in [0.25, 0.3) is 0 Å². The topological polar surface area (TPSA) is 46.1 Å². The normalized spacial score (nSPS) is 10.5. The number of halogens is 1. The van der Waals surface area contributed by atoms with E-state index in [1.807, 2.05) is 24.4 Å². The fourth-order valence-corrected chi connectivity index (χ4v) is 2.67. The molecule has 0 saturated heterocycles. The first-order chi connectivity index (χ1) is 12.1. The highest BCUT2D eigenvalue weighted by atomic mass is 19.1. The number of hydrogen-bond donors (Lipinski definition) is 2. The Labute approximate surface area is 146 Å². The Bertz CT molecular complexity index is 873. The predicted molar refractivity (Wildman–Crippen MR) is 97.0 cm³/mol. The molecule has 1 heterocycles. The molecule has 0 bridgehead atoms. The molecule has 0 unspecified atom stereocenters. The third-order valence-electron chi connectivity index (χ3n) is 3.91. The van der Waals surface area contributed by atoms with Gasteiger partial charge in [0.15, 0.2) is 0 Å². The smallest absolute Gasteiger partial charge is 0.319 e. The average Bonchev–Trinajstić information content (AvgIpc) is 3.02. The van der Waals surface area contributed by atoms with Gasteiger partial charge in [-0.2, -0.15) is 0 Å². The lowest BCUT2D eigenvalue weighted by Crippen LogP contribution is -2.29. The van der Waals surface area contributed by atoms with Crippen molar-refractivity contribution in [2.75, 3.05) is 5.32 Å². The Morgan fingerprint density at radius 1 is 1.08 bits per heavy atom. The van der Waals surface area contributed by atoms with Crippen LogP contribution in [-0.2, 0) is 13.1 Å². The Hall–Kier alpha value is -3.08. The van der Waals surface area contributed by atoms with E-state index in [0.717, 1.165) is 12.2 Å². The first kappa shape index (κ1) is 16.8. The number of anilines is 1. The van der Waals surface area contributed by atoms with E-state index >= 15 is 0 Å². The first-order valence-electron chi connectivity index (χ1n) is 8.11. The van der Waals surface area contributed by atoms with Crippen molar-refractivity contribution in [2.24, 2.45) is 0 Å². The Morgan fingerprint density at radius 2 is 1.92 bits per heavy atom. The second-order valence-electron chi connectivity index (χ2n) is 5.90. The van der Waals surface area contributed by atoms with Crippen molar-refractivity contribution >= 4 is 11.7 Å². The molecule has 0 aliphatic heterocycles. The van der Waals surface area contributed by atoms with Crippen LogP contribution in [0.25, 0.3) is 0 Å². The number of benzene rings is 2. The lowest BCUT2D eigenvalue weighted by Gasteiger charge is -2.12. The number of para-hydroxylation sites is 1. The monoisotopic (exact) mass is 337 g/mol. The minimum Gasteiger partial charge on any atom is -0.345 e. The number of carbonyl (C=O) groups is 1. The minimum absolute atomic E-state index is 0.162. The number of aromatic nitrogens is 1. The maximum atomic E-state index is 13.6. The number of hydrogen-bond acceptors (Lipinski definition) is 1. The number of aryl methyl sites for hydroxylation is 1. The van der Waals surface area contributed by atoms with Gasteiger partial charge in [-0.15, -0.1) is 0 Å². The average molecular weight is 337 g/mol. The van der Waals surface area contributed by atoms with Crippen LogP contribution in [0.5, 0.6) is 0 Å². The highest BCUT2D eigenvalue weighted by Crippen LogP contribution is 2.12. The van der Waals surface area contributed by atoms with Crippen molar-refractivity contribution in [1.29, 1.82) is 0 Å². The maximum Gasteiger partial charge on any atom is 0.319 e. The molecule has 25 heavy (non-hydrogen) atoms. The van der Waals surface area contributed by atoms with Crippen LogP contribution in [-0.4, -0.2) is 10.6 Å². The SMILES string of the molecule is Cc1cccc(Cn2cccc2CNC(=O)Nc2ccccc2F)c1. The molecule has 0 aliphatic carbocycles. The van der Waals surface area contributed by atoms with Gasteiger partial charge in [-0.3, -0.25) is 0 Å². The summed E-state index contributed by atoms with van der Waals surface area (Å²) < 4.78 is 15.6. The number of nitrogens with zero attached hydrogens (tertiary/aromatic N) is 1. The molecule has 0 aliphatic rings. The van der Waals surface area contributed by atoms with Crippen LogP contribution in [0.2, 0.25) is 0 Å². The molecule has 3 rings (SSSR count). The standard InChI is InChI=1S/C20H20FN3O/c1-15-6-4-7-16(12-15)14-24-11-5-8-17(24)13-22-20(25)23-19-10-3-2-9-18(19)21/h2-12H,13-14H2,1H3,(H2,22,23,25). The fraction of sp³-hybridized carbons (Fsp3) is 0.150. The van der Waals surface area contributed by atoms with Crippen molar-refractivity contribution in [2.45, 2.75) is 20.0 Å². The summed E-state index contributed by atoms with van der Waals surface area (Å²) in [5.74, 6) is -0.458. The second-order valence-corrected chi connectivity index (χ2v) is 5.90. The Morgan fingerprint density at radius 3 is 2.72 bits per heavy atom. The summed E-state index contributed by atoms with van der Waals surface area (Å²) in [5.41, 5.74) is 3.56. The predicted octanol–water partition coefficient (Wildman–Crippen LogP) is 4.31. The van der Waals surface area contributed by atoms with E-state index in [9.17, 15) is 9.18 Å². The van der Waals surface area contributed by atoms with E-state index in [0.29, 0.717) is 6.54 Å². The number of carbonyl (C=O) groups excluding carboxylic acids is 1. The van der Waals surface area contributed by atoms with E-state index in [1.165, 1.54) is 23.3 Å². The zero-order chi connectivity index (χ0) is 17.6. The van der Waals surface area contributed by atoms with Crippen molar-refractivity contribution in [1.82, 2.24) is 9.88 Å². The molecule has 0 spiro atoms. The van der Waals surface area contributed by atoms with E-state index < -0.39 is 11.8 Å². The van der Waals surface area contributed by atoms with E-state index in [1.54, 1.807) is 12.1 Å². The summed E-state index contributed by atoms with van der Waals surface area (Å²) in [6.07, 6.45) is 1.98. The zero-order valence-corrected chi connectivity index (χ0v) is 14.0. The van der Waals surface area contributed by atoms with Gasteiger partial charge in [-0.25, -0.2) is 9.18 Å². The largest absolute Gasteiger partial charge is 0.345 e. The highest BCUT2D eigenvalue weighted by molar-refractivity contribution is 5.89. The van der Waals surface area contributed by atoms with Crippen LogP contribution in [0, 0.1) is 12.7 Å². The van der Waals surface area contributed by atoms with Crippen LogP contribution in [0.1, 0.15) is 16.8 Å². The third-order valence-corrected chi connectivity index (χ3v) is 3.91. The van der Waals surface area contributed by atoms with Gasteiger partial charge in [-0.1, -0.05) is 42.0 Å². The van der Waals surface area contributed by atoms with Crippen LogP contribution >= 0.6 is 0 Å². The molecule has 4 nitrogen and oxygen atoms in total. The molecular weight excluding hydrogens is 317 g/mol. The lowest BCUT2D eigenvalue weighted by molar-refractivity contribution is 0.251. The van der Waals surface area contributed by atoms with Crippen LogP contribution in [0.3, 0.4) is 0 Å². The van der Waals surface area contributed by atoms with Gasteiger partial charge in [0, 0.05) is 18.4 Å². The Kier molecular flexibility index (Phi) is 5.14. The molecule has 0 atom stereocenters. The molecule has 1 aromatic heterocycles. The van der Waals surface area contributed by atoms with Gasteiger partial charge in [0.2, 0.25) is 0 Å². The number of amides is 2. The summed E-state index contributed by atoms with van der Waals surface area (Å²) in [5, 5.41) is 5.28. The summed E-state index contributed by atoms with van der Waals surface area (Å²) in [6.45, 7) is 3.16. The molecule has 5 heteroatoms. The van der Waals surface area contributed by atoms with Gasteiger partial charge in [-0.05, 0) is 36.8 Å². The van der Waals surface area contributed by atoms with E-state index in [-0.39, 0.29) is 5.69 Å². The lowest BCUT2D eigenvalue weighted by atomic mass is 10.1. The quantitative estimate of drug-likeness (QED) is 0.716. The molecule has 0 saturated carbocycles. The van der Waals surface area contributed by atoms with Crippen LogP contribution in [0.4, 0.5) is 14.9 Å². The van der Waals surface area contributed by atoms with Crippen molar-refractivity contribution in [3.05, 3.63) is 89.5 Å². The summed E-state index contributed by atoms with van der Waals surface area (Å²) in [6, 6.07) is 17.9. The maximum absolute atomic E-state index is 13.6. The van der Waals surface area contributed by atoms with Crippen molar-refractivity contribution in [3.63, 3.8) is 0 Å². The van der Waals surface area contributed by atoms with Crippen molar-refractivity contribution < 1.29 is 9.18 Å². The molecule has 0 radical (unpaired) electrons. The molecule has 2 aromatic carbocycles. The molecule has 3 aromatic rings. The number of urea groups is 1. The van der Waals surface area contributed by atoms with Gasteiger partial charge in [0.05, 0.1) is 12.2 Å². The van der Waals surface area contributed by atoms with Crippen LogP contribution in [0.15, 0.2) is 66.9 Å². The summed E-state index contributed by atoms with van der Waals surface area (Å²) >= 11 is 0. The molecule has 2 N–H and O–H groups in total. The Balaban J connectivity index is 1.60. The summed E-state index contributed by atoms with van der Waals surface area (Å²) in [4.78, 5) is 12.0. The van der Waals surface area contributed by atoms with Crippen LogP contribution < -0.4 is 10.6 Å². The second kappa shape index (κ2) is 7.66. The molecule has 0 fully saturated rings. The van der Waals surface area contributed by atoms with E-state index in [4.69, 9.17) is 0 Å². The highest BCUT2D eigenvalue weighted by Gasteiger charge is 2.07. The zero-order valence-electron chi connectivity index (χ0n) is 14.0. The summed E-state index contributed by atoms with van der Waals surface area (Å²) in [7, 11) is 0. The van der Waals surface area contributed by atoms with E-state index in [2.05, 4.69) is 40.3 Å². The number of nitrogens with one attached hydrogen (secondary N) is 2. The minimum atomic E-state index is -0.458. The molecular formula is C20H20FN3O. The first-order valence-corrected chi connectivity index (χ1v) is 8.11. The van der Waals surface area contributed by atoms with Gasteiger partial charge >= 0.3 is 6.03 Å². The van der Waals surface area contributed by atoms with Crippen molar-refractivity contribution in [3.8, 4) is 0 Å².